The minimum absolute atomic E-state index is 0.0207. The first-order valence-corrected chi connectivity index (χ1v) is 21.1. The van der Waals surface area contributed by atoms with Crippen LogP contribution in [0.15, 0.2) is 36.5 Å². The summed E-state index contributed by atoms with van der Waals surface area (Å²) in [7, 11) is -2.14. The molecule has 1 fully saturated rings. The van der Waals surface area contributed by atoms with E-state index in [9.17, 15) is 9.59 Å². The van der Waals surface area contributed by atoms with Crippen molar-refractivity contribution in [2.45, 2.75) is 130 Å². The number of carbonyl (C=O) groups excluding carboxylic acids is 2. The van der Waals surface area contributed by atoms with Gasteiger partial charge in [-0.1, -0.05) is 20.8 Å². The van der Waals surface area contributed by atoms with E-state index in [1.807, 2.05) is 83.7 Å². The van der Waals surface area contributed by atoms with Crippen LogP contribution >= 0.6 is 0 Å². The molecule has 5 rings (SSSR count). The third-order valence-corrected chi connectivity index (χ3v) is 14.2. The second kappa shape index (κ2) is 14.3. The normalized spacial score (nSPS) is 18.5. The first-order chi connectivity index (χ1) is 23.7. The Morgan fingerprint density at radius 2 is 1.63 bits per heavy atom. The van der Waals surface area contributed by atoms with Crippen molar-refractivity contribution in [1.29, 1.82) is 0 Å². The van der Waals surface area contributed by atoms with Crippen LogP contribution in [0.1, 0.15) is 87.6 Å². The molecule has 3 aromatic rings. The lowest BCUT2D eigenvalue weighted by Crippen LogP contribution is -2.55. The van der Waals surface area contributed by atoms with Gasteiger partial charge in [-0.2, -0.15) is 9.61 Å². The lowest BCUT2D eigenvalue weighted by atomic mass is 10.0. The average molecular weight is 723 g/mol. The number of carbonyl (C=O) groups is 2. The Bertz CT molecular complexity index is 1700. The van der Waals surface area contributed by atoms with E-state index in [0.717, 1.165) is 24.2 Å². The van der Waals surface area contributed by atoms with Crippen molar-refractivity contribution in [2.75, 3.05) is 36.1 Å². The van der Waals surface area contributed by atoms with Crippen molar-refractivity contribution in [1.82, 2.24) is 19.5 Å². The quantitative estimate of drug-likeness (QED) is 0.212. The predicted molar refractivity (Wildman–Crippen MR) is 203 cm³/mol. The minimum Gasteiger partial charge on any atom is -0.494 e. The summed E-state index contributed by atoms with van der Waals surface area (Å²) in [6.45, 7) is 26.5. The Morgan fingerprint density at radius 1 is 0.961 bits per heavy atom. The van der Waals surface area contributed by atoms with Crippen LogP contribution in [-0.2, 0) is 20.3 Å². The Morgan fingerprint density at radius 3 is 2.24 bits per heavy atom. The molecule has 0 aliphatic carbocycles. The molecule has 13 heteroatoms. The third kappa shape index (κ3) is 8.62. The topological polar surface area (TPSA) is 111 Å². The molecule has 0 radical (unpaired) electrons. The number of fused-ring (bicyclic) bond motifs is 2. The van der Waals surface area contributed by atoms with Crippen LogP contribution in [0.2, 0.25) is 18.1 Å². The lowest BCUT2D eigenvalue weighted by molar-refractivity contribution is 0.0194. The SMILES string of the molecule is CCOc1ccc(N(C(=O)OC(C)(C)C)c2c3c(nc4ccnn24)N([C@H]2CCCN(C(=O)OC(C)(C)C)C2)C(CO[Si](C)(C)C(C)(C)C)C3)cc1. The average Bonchev–Trinajstić information content (AvgIpc) is 3.63. The van der Waals surface area contributed by atoms with Crippen molar-refractivity contribution in [3.05, 3.63) is 42.1 Å². The molecule has 0 saturated carbocycles. The molecule has 0 N–H and O–H groups in total. The fraction of sp³-hybridized carbons (Fsp3) is 0.632. The van der Waals surface area contributed by atoms with Crippen LogP contribution in [0, 0.1) is 0 Å². The number of piperidine rings is 1. The molecule has 1 aromatic carbocycles. The Hall–Kier alpha value is -3.84. The van der Waals surface area contributed by atoms with Crippen LogP contribution in [0.3, 0.4) is 0 Å². The Kier molecular flexibility index (Phi) is 10.8. The number of nitrogens with zero attached hydrogens (tertiary/aromatic N) is 6. The van der Waals surface area contributed by atoms with E-state index in [1.54, 1.807) is 15.6 Å². The molecule has 2 amide bonds. The van der Waals surface area contributed by atoms with Crippen LogP contribution in [0.4, 0.5) is 26.9 Å². The zero-order valence-electron chi connectivity index (χ0n) is 32.7. The Balaban J connectivity index is 1.65. The third-order valence-electron chi connectivity index (χ3n) is 9.74. The highest BCUT2D eigenvalue weighted by molar-refractivity contribution is 6.74. The van der Waals surface area contributed by atoms with Gasteiger partial charge in [0.05, 0.1) is 31.1 Å². The van der Waals surface area contributed by atoms with Crippen LogP contribution < -0.4 is 14.5 Å². The number of likely N-dealkylation sites (tertiary alicyclic amines) is 1. The van der Waals surface area contributed by atoms with E-state index in [1.165, 1.54) is 0 Å². The van der Waals surface area contributed by atoms with Crippen molar-refractivity contribution in [2.24, 2.45) is 0 Å². The second-order valence-electron chi connectivity index (χ2n) is 17.1. The number of amides is 2. The van der Waals surface area contributed by atoms with Gasteiger partial charge in [0.2, 0.25) is 0 Å². The summed E-state index contributed by atoms with van der Waals surface area (Å²) in [5.74, 6) is 2.03. The van der Waals surface area contributed by atoms with Crippen molar-refractivity contribution < 1.29 is 28.2 Å². The smallest absolute Gasteiger partial charge is 0.420 e. The monoisotopic (exact) mass is 722 g/mol. The molecule has 280 valence electrons. The van der Waals surface area contributed by atoms with Gasteiger partial charge in [0.1, 0.15) is 22.8 Å². The number of anilines is 3. The molecule has 2 aliphatic rings. The van der Waals surface area contributed by atoms with Crippen LogP contribution in [0.5, 0.6) is 5.75 Å². The number of hydrogen-bond acceptors (Lipinski definition) is 9. The first-order valence-electron chi connectivity index (χ1n) is 18.2. The van der Waals surface area contributed by atoms with Gasteiger partial charge in [-0.25, -0.2) is 19.5 Å². The number of aromatic nitrogens is 3. The highest BCUT2D eigenvalue weighted by Gasteiger charge is 2.45. The molecular weight excluding hydrogens is 665 g/mol. The molecule has 0 spiro atoms. The molecule has 0 bridgehead atoms. The number of hydrogen-bond donors (Lipinski definition) is 0. The maximum atomic E-state index is 14.3. The van der Waals surface area contributed by atoms with Gasteiger partial charge in [-0.05, 0) is 104 Å². The summed E-state index contributed by atoms with van der Waals surface area (Å²) in [5.41, 5.74) is 0.723. The van der Waals surface area contributed by atoms with Gasteiger partial charge >= 0.3 is 12.2 Å². The molecule has 4 heterocycles. The maximum absolute atomic E-state index is 14.3. The van der Waals surface area contributed by atoms with Gasteiger partial charge in [0, 0.05) is 37.2 Å². The highest BCUT2D eigenvalue weighted by Crippen LogP contribution is 2.44. The summed E-state index contributed by atoms with van der Waals surface area (Å²) in [5, 5.41) is 4.71. The van der Waals surface area contributed by atoms with E-state index in [4.69, 9.17) is 23.6 Å². The van der Waals surface area contributed by atoms with Crippen molar-refractivity contribution >= 4 is 43.5 Å². The first kappa shape index (κ1) is 38.4. The zero-order chi connectivity index (χ0) is 37.5. The zero-order valence-corrected chi connectivity index (χ0v) is 33.7. The highest BCUT2D eigenvalue weighted by atomic mass is 28.4. The van der Waals surface area contributed by atoms with Gasteiger partial charge in [0.25, 0.3) is 0 Å². The van der Waals surface area contributed by atoms with E-state index >= 15 is 0 Å². The minimum atomic E-state index is -2.14. The van der Waals surface area contributed by atoms with Crippen LogP contribution in [-0.4, -0.2) is 89.6 Å². The van der Waals surface area contributed by atoms with Gasteiger partial charge in [0.15, 0.2) is 19.8 Å². The molecule has 2 aromatic heterocycles. The van der Waals surface area contributed by atoms with Crippen molar-refractivity contribution in [3.63, 3.8) is 0 Å². The summed E-state index contributed by atoms with van der Waals surface area (Å²) < 4.78 is 26.2. The standard InChI is InChI=1S/C38H58N6O6Si/c1-13-47-29-18-16-26(17-19-29)43(35(46)50-37(5,6)7)33-30-23-28(25-48-51(11,12)38(8,9)10)42(32(30)40-31-20-21-39-44(31)33)27-15-14-22-41(24-27)34(45)49-36(2,3)4/h16-21,27-28H,13-15,22-25H2,1-12H3/t27-,28?/m0/s1. The molecule has 2 atom stereocenters. The molecular formula is C38H58N6O6Si. The summed E-state index contributed by atoms with van der Waals surface area (Å²) >= 11 is 0. The van der Waals surface area contributed by atoms with E-state index < -0.39 is 25.6 Å². The maximum Gasteiger partial charge on any atom is 0.420 e. The fourth-order valence-electron chi connectivity index (χ4n) is 6.37. The van der Waals surface area contributed by atoms with E-state index in [0.29, 0.717) is 55.6 Å². The van der Waals surface area contributed by atoms with Crippen molar-refractivity contribution in [3.8, 4) is 5.75 Å². The summed E-state index contributed by atoms with van der Waals surface area (Å²) in [4.78, 5) is 38.6. The summed E-state index contributed by atoms with van der Waals surface area (Å²) in [6, 6.07) is 9.13. The van der Waals surface area contributed by atoms with Crippen LogP contribution in [0.25, 0.3) is 5.65 Å². The lowest BCUT2D eigenvalue weighted by Gasteiger charge is -2.43. The molecule has 1 unspecified atom stereocenters. The number of ether oxygens (including phenoxy) is 3. The largest absolute Gasteiger partial charge is 0.494 e. The molecule has 2 aliphatic heterocycles. The number of rotatable bonds is 8. The molecule has 1 saturated heterocycles. The Labute approximate surface area is 304 Å². The number of benzene rings is 1. The predicted octanol–water partition coefficient (Wildman–Crippen LogP) is 8.35. The van der Waals surface area contributed by atoms with Gasteiger partial charge in [-0.15, -0.1) is 0 Å². The van der Waals surface area contributed by atoms with Gasteiger partial charge < -0.3 is 28.4 Å². The molecule has 12 nitrogen and oxygen atoms in total. The molecule has 51 heavy (non-hydrogen) atoms. The van der Waals surface area contributed by atoms with Gasteiger partial charge in [-0.3, -0.25) is 0 Å². The fourth-order valence-corrected chi connectivity index (χ4v) is 7.41. The van der Waals surface area contributed by atoms with E-state index in [-0.39, 0.29) is 23.2 Å². The van der Waals surface area contributed by atoms with E-state index in [2.05, 4.69) is 43.9 Å². The summed E-state index contributed by atoms with van der Waals surface area (Å²) in [6.07, 6.45) is 3.10. The second-order valence-corrected chi connectivity index (χ2v) is 21.9.